The molecule has 0 aliphatic carbocycles. The summed E-state index contributed by atoms with van der Waals surface area (Å²) in [5.74, 6) is 0.709. The zero-order valence-electron chi connectivity index (χ0n) is 8.06. The molecular formula is C9H9Br2Cl2N3. The molecule has 16 heavy (non-hydrogen) atoms. The van der Waals surface area contributed by atoms with E-state index in [0.29, 0.717) is 21.7 Å². The van der Waals surface area contributed by atoms with Crippen LogP contribution in [0, 0.1) is 0 Å². The van der Waals surface area contributed by atoms with Crippen molar-refractivity contribution in [1.29, 1.82) is 0 Å². The Morgan fingerprint density at radius 3 is 2.44 bits per heavy atom. The monoisotopic (exact) mass is 387 g/mol. The quantitative estimate of drug-likeness (QED) is 0.768. The van der Waals surface area contributed by atoms with Gasteiger partial charge in [0.05, 0.1) is 22.3 Å². The maximum Gasteiger partial charge on any atom is 0.196 e. The lowest BCUT2D eigenvalue weighted by molar-refractivity contribution is 0.959. The molecule has 7 heteroatoms. The van der Waals surface area contributed by atoms with Crippen LogP contribution in [-0.2, 0) is 0 Å². The predicted molar refractivity (Wildman–Crippen MR) is 78.4 cm³/mol. The van der Waals surface area contributed by atoms with Crippen LogP contribution in [0.5, 0.6) is 0 Å². The summed E-state index contributed by atoms with van der Waals surface area (Å²) in [5, 5.41) is 7.26. The summed E-state index contributed by atoms with van der Waals surface area (Å²) in [7, 11) is 0. The summed E-state index contributed by atoms with van der Waals surface area (Å²) in [4.78, 5) is 4.20. The van der Waals surface area contributed by atoms with Crippen LogP contribution in [-0.4, -0.2) is 19.0 Å². The van der Waals surface area contributed by atoms with E-state index in [1.807, 2.05) is 0 Å². The van der Waals surface area contributed by atoms with Crippen molar-refractivity contribution >= 4 is 67.8 Å². The van der Waals surface area contributed by atoms with Crippen molar-refractivity contribution in [2.45, 2.75) is 0 Å². The average Bonchev–Trinajstić information content (AvgIpc) is 2.63. The predicted octanol–water partition coefficient (Wildman–Crippen LogP) is 3.70. The van der Waals surface area contributed by atoms with Crippen LogP contribution in [0.3, 0.4) is 0 Å². The van der Waals surface area contributed by atoms with Crippen LogP contribution in [0.15, 0.2) is 21.6 Å². The highest BCUT2D eigenvalue weighted by molar-refractivity contribution is 9.10. The number of nitrogens with zero attached hydrogens (tertiary/aromatic N) is 1. The van der Waals surface area contributed by atoms with Crippen LogP contribution >= 0.6 is 56.1 Å². The molecule has 0 saturated heterocycles. The Hall–Kier alpha value is 0.0300. The molecule has 0 saturated carbocycles. The molecule has 0 atom stereocenters. The Morgan fingerprint density at radius 2 is 1.94 bits per heavy atom. The summed E-state index contributed by atoms with van der Waals surface area (Å²) in [6.45, 7) is 1.61. The lowest BCUT2D eigenvalue weighted by Crippen LogP contribution is -2.26. The van der Waals surface area contributed by atoms with Crippen LogP contribution in [0.25, 0.3) is 0 Å². The lowest BCUT2D eigenvalue weighted by atomic mass is 10.3. The van der Waals surface area contributed by atoms with E-state index in [2.05, 4.69) is 31.6 Å². The number of rotatable bonds is 1. The minimum absolute atomic E-state index is 0. The summed E-state index contributed by atoms with van der Waals surface area (Å²) in [5.41, 5.74) is 0.676. The minimum atomic E-state index is 0. The molecule has 1 aromatic carbocycles. The van der Waals surface area contributed by atoms with E-state index < -0.39 is 0 Å². The molecule has 0 radical (unpaired) electrons. The summed E-state index contributed by atoms with van der Waals surface area (Å²) >= 11 is 15.4. The van der Waals surface area contributed by atoms with Crippen molar-refractivity contribution in [1.82, 2.24) is 5.32 Å². The number of anilines is 1. The first-order valence-corrected chi connectivity index (χ1v) is 5.91. The summed E-state index contributed by atoms with van der Waals surface area (Å²) < 4.78 is 0.851. The fraction of sp³-hybridized carbons (Fsp3) is 0.222. The SMILES string of the molecule is Br.Clc1cc(Br)cc(Cl)c1NC1=NCCN1. The highest BCUT2D eigenvalue weighted by Crippen LogP contribution is 2.33. The molecule has 1 aliphatic rings. The Morgan fingerprint density at radius 1 is 1.31 bits per heavy atom. The smallest absolute Gasteiger partial charge is 0.196 e. The van der Waals surface area contributed by atoms with Gasteiger partial charge in [0.1, 0.15) is 0 Å². The highest BCUT2D eigenvalue weighted by Gasteiger charge is 2.11. The molecule has 1 aromatic rings. The number of hydrogen-bond acceptors (Lipinski definition) is 3. The molecule has 3 nitrogen and oxygen atoms in total. The number of guanidine groups is 1. The molecule has 88 valence electrons. The molecule has 1 aliphatic heterocycles. The van der Waals surface area contributed by atoms with Gasteiger partial charge in [-0.1, -0.05) is 39.1 Å². The molecular weight excluding hydrogens is 381 g/mol. The number of nitrogens with one attached hydrogen (secondary N) is 2. The largest absolute Gasteiger partial charge is 0.354 e. The van der Waals surface area contributed by atoms with Crippen LogP contribution in [0.4, 0.5) is 5.69 Å². The Kier molecular flexibility index (Phi) is 5.37. The summed E-state index contributed by atoms with van der Waals surface area (Å²) in [6, 6.07) is 3.57. The number of hydrogen-bond donors (Lipinski definition) is 2. The first-order valence-electron chi connectivity index (χ1n) is 4.37. The van der Waals surface area contributed by atoms with E-state index in [1.165, 1.54) is 0 Å². The van der Waals surface area contributed by atoms with Gasteiger partial charge in [-0.05, 0) is 12.1 Å². The van der Waals surface area contributed by atoms with E-state index in [4.69, 9.17) is 23.2 Å². The molecule has 0 amide bonds. The van der Waals surface area contributed by atoms with Crippen LogP contribution in [0.2, 0.25) is 10.0 Å². The molecule has 1 heterocycles. The van der Waals surface area contributed by atoms with Gasteiger partial charge in [-0.2, -0.15) is 0 Å². The Balaban J connectivity index is 0.00000128. The van der Waals surface area contributed by atoms with E-state index in [-0.39, 0.29) is 17.0 Å². The topological polar surface area (TPSA) is 36.4 Å². The van der Waals surface area contributed by atoms with Gasteiger partial charge < -0.3 is 10.6 Å². The first-order chi connectivity index (χ1) is 7.16. The van der Waals surface area contributed by atoms with Crippen molar-refractivity contribution in [3.8, 4) is 0 Å². The summed E-state index contributed by atoms with van der Waals surface area (Å²) in [6.07, 6.45) is 0. The Labute approximate surface area is 123 Å². The number of benzene rings is 1. The third-order valence-electron chi connectivity index (χ3n) is 1.92. The minimum Gasteiger partial charge on any atom is -0.354 e. The molecule has 0 unspecified atom stereocenters. The number of aliphatic imine (C=N–C) groups is 1. The van der Waals surface area contributed by atoms with Crippen molar-refractivity contribution in [2.24, 2.45) is 4.99 Å². The van der Waals surface area contributed by atoms with E-state index in [9.17, 15) is 0 Å². The molecule has 0 bridgehead atoms. The maximum atomic E-state index is 6.05. The third-order valence-corrected chi connectivity index (χ3v) is 2.98. The molecule has 0 aromatic heterocycles. The molecule has 2 N–H and O–H groups in total. The van der Waals surface area contributed by atoms with Crippen LogP contribution in [0.1, 0.15) is 0 Å². The standard InChI is InChI=1S/C9H8BrCl2N3.BrH/c10-5-3-6(11)8(7(12)4-5)15-9-13-1-2-14-9;/h3-4H,1-2H2,(H2,13,14,15);1H. The fourth-order valence-corrected chi connectivity index (χ4v) is 2.56. The van der Waals surface area contributed by atoms with Crippen molar-refractivity contribution in [2.75, 3.05) is 18.4 Å². The van der Waals surface area contributed by atoms with Gasteiger partial charge in [-0.25, -0.2) is 0 Å². The van der Waals surface area contributed by atoms with E-state index in [0.717, 1.165) is 17.6 Å². The second-order valence-electron chi connectivity index (χ2n) is 3.03. The Bertz CT molecular complexity index is 400. The van der Waals surface area contributed by atoms with E-state index in [1.54, 1.807) is 12.1 Å². The fourth-order valence-electron chi connectivity index (χ4n) is 1.26. The maximum absolute atomic E-state index is 6.05. The number of halogens is 4. The second kappa shape index (κ2) is 6.10. The molecule has 0 spiro atoms. The van der Waals surface area contributed by atoms with Gasteiger partial charge in [0.15, 0.2) is 5.96 Å². The van der Waals surface area contributed by atoms with Gasteiger partial charge in [0.2, 0.25) is 0 Å². The molecule has 2 rings (SSSR count). The van der Waals surface area contributed by atoms with E-state index >= 15 is 0 Å². The zero-order chi connectivity index (χ0) is 10.8. The zero-order valence-corrected chi connectivity index (χ0v) is 12.9. The average molecular weight is 390 g/mol. The van der Waals surface area contributed by atoms with Gasteiger partial charge in [0.25, 0.3) is 0 Å². The van der Waals surface area contributed by atoms with Gasteiger partial charge in [-0.15, -0.1) is 17.0 Å². The molecule has 0 fully saturated rings. The van der Waals surface area contributed by atoms with Gasteiger partial charge in [0, 0.05) is 11.0 Å². The second-order valence-corrected chi connectivity index (χ2v) is 4.76. The normalized spacial score (nSPS) is 13.8. The van der Waals surface area contributed by atoms with Gasteiger partial charge >= 0.3 is 0 Å². The van der Waals surface area contributed by atoms with Crippen molar-refractivity contribution < 1.29 is 0 Å². The van der Waals surface area contributed by atoms with Crippen LogP contribution < -0.4 is 10.6 Å². The van der Waals surface area contributed by atoms with Crippen molar-refractivity contribution in [3.63, 3.8) is 0 Å². The van der Waals surface area contributed by atoms with Crippen molar-refractivity contribution in [3.05, 3.63) is 26.7 Å². The lowest BCUT2D eigenvalue weighted by Gasteiger charge is -2.10. The highest BCUT2D eigenvalue weighted by atomic mass is 79.9. The first kappa shape index (κ1) is 14.1. The third kappa shape index (κ3) is 3.26. The van der Waals surface area contributed by atoms with Gasteiger partial charge in [-0.3, -0.25) is 4.99 Å².